The first-order chi connectivity index (χ1) is 10.8. The van der Waals surface area contributed by atoms with E-state index in [2.05, 4.69) is 31.4 Å². The number of carbonyl (C=O) groups excluding carboxylic acids is 2. The van der Waals surface area contributed by atoms with Crippen molar-refractivity contribution in [2.75, 3.05) is 10.6 Å². The van der Waals surface area contributed by atoms with Crippen molar-refractivity contribution in [3.63, 3.8) is 0 Å². The number of nitrogens with one attached hydrogen (secondary N) is 2. The second kappa shape index (κ2) is 6.65. The Morgan fingerprint density at radius 3 is 2.26 bits per heavy atom. The van der Waals surface area contributed by atoms with Gasteiger partial charge in [0.25, 0.3) is 5.91 Å². The largest absolute Gasteiger partial charge is 0.328 e. The summed E-state index contributed by atoms with van der Waals surface area (Å²) in [5.41, 5.74) is 3.90. The van der Waals surface area contributed by atoms with Crippen molar-refractivity contribution in [2.24, 2.45) is 0 Å². The second-order valence-corrected chi connectivity index (χ2v) is 6.59. The molecule has 0 saturated heterocycles. The molecular weight excluding hydrogens is 288 g/mol. The van der Waals surface area contributed by atoms with Crippen molar-refractivity contribution in [1.29, 1.82) is 0 Å². The Hall–Kier alpha value is -2.62. The first kappa shape index (κ1) is 16.7. The number of benzene rings is 2. The highest BCUT2D eigenvalue weighted by Crippen LogP contribution is 2.24. The van der Waals surface area contributed by atoms with E-state index < -0.39 is 0 Å². The maximum absolute atomic E-state index is 12.4. The molecule has 120 valence electrons. The zero-order chi connectivity index (χ0) is 17.0. The van der Waals surface area contributed by atoms with Crippen LogP contribution in [0.1, 0.15) is 42.3 Å². The molecule has 2 N–H and O–H groups in total. The van der Waals surface area contributed by atoms with E-state index in [9.17, 15) is 9.59 Å². The zero-order valence-corrected chi connectivity index (χ0v) is 13.9. The van der Waals surface area contributed by atoms with Crippen LogP contribution in [0.15, 0.2) is 42.5 Å². The summed E-state index contributed by atoms with van der Waals surface area (Å²) in [6.07, 6.45) is 0.573. The summed E-state index contributed by atoms with van der Waals surface area (Å²) < 4.78 is 0. The Bertz CT molecular complexity index is 713. The molecule has 0 saturated carbocycles. The molecule has 0 aliphatic heterocycles. The van der Waals surface area contributed by atoms with Gasteiger partial charge in [0.2, 0.25) is 6.41 Å². The molecule has 4 heteroatoms. The van der Waals surface area contributed by atoms with Crippen LogP contribution in [-0.4, -0.2) is 12.3 Å². The smallest absolute Gasteiger partial charge is 0.257 e. The minimum atomic E-state index is -0.252. The monoisotopic (exact) mass is 310 g/mol. The average Bonchev–Trinajstić information content (AvgIpc) is 2.47. The van der Waals surface area contributed by atoms with Crippen LogP contribution in [0.2, 0.25) is 0 Å². The molecule has 2 aromatic carbocycles. The molecule has 0 heterocycles. The Morgan fingerprint density at radius 1 is 1.04 bits per heavy atom. The van der Waals surface area contributed by atoms with Gasteiger partial charge in [-0.2, -0.15) is 0 Å². The molecule has 0 radical (unpaired) electrons. The van der Waals surface area contributed by atoms with Crippen LogP contribution in [0, 0.1) is 6.92 Å². The van der Waals surface area contributed by atoms with Gasteiger partial charge in [-0.05, 0) is 47.7 Å². The fraction of sp³-hybridized carbons (Fsp3) is 0.263. The van der Waals surface area contributed by atoms with Crippen molar-refractivity contribution in [2.45, 2.75) is 33.1 Å². The summed E-state index contributed by atoms with van der Waals surface area (Å²) in [6.45, 7) is 8.33. The molecule has 2 aromatic rings. The van der Waals surface area contributed by atoms with E-state index in [0.717, 1.165) is 11.3 Å². The molecule has 0 atom stereocenters. The summed E-state index contributed by atoms with van der Waals surface area (Å²) >= 11 is 0. The molecule has 2 amide bonds. The van der Waals surface area contributed by atoms with Crippen molar-refractivity contribution in [3.05, 3.63) is 59.2 Å². The summed E-state index contributed by atoms with van der Waals surface area (Å²) in [4.78, 5) is 23.1. The average molecular weight is 310 g/mol. The Balaban J connectivity index is 2.21. The molecule has 0 fully saturated rings. The van der Waals surface area contributed by atoms with Crippen LogP contribution in [0.5, 0.6) is 0 Å². The quantitative estimate of drug-likeness (QED) is 0.835. The maximum Gasteiger partial charge on any atom is 0.257 e. The topological polar surface area (TPSA) is 58.2 Å². The second-order valence-electron chi connectivity index (χ2n) is 6.59. The lowest BCUT2D eigenvalue weighted by molar-refractivity contribution is -0.105. The lowest BCUT2D eigenvalue weighted by Crippen LogP contribution is -2.15. The van der Waals surface area contributed by atoms with Gasteiger partial charge >= 0.3 is 0 Å². The van der Waals surface area contributed by atoms with E-state index in [0.29, 0.717) is 17.7 Å². The fourth-order valence-corrected chi connectivity index (χ4v) is 2.29. The predicted molar refractivity (Wildman–Crippen MR) is 94.0 cm³/mol. The molecular formula is C19H22N2O2. The SMILES string of the molecule is Cc1ccc(C(=O)Nc2ccc(C(C)(C)C)cc2)c(NC=O)c1. The Morgan fingerprint density at radius 2 is 1.70 bits per heavy atom. The number of aryl methyl sites for hydroxylation is 1. The molecule has 23 heavy (non-hydrogen) atoms. The van der Waals surface area contributed by atoms with Gasteiger partial charge in [-0.1, -0.05) is 39.0 Å². The highest BCUT2D eigenvalue weighted by atomic mass is 16.2. The van der Waals surface area contributed by atoms with Crippen LogP contribution in [-0.2, 0) is 10.2 Å². The lowest BCUT2D eigenvalue weighted by atomic mass is 9.87. The highest BCUT2D eigenvalue weighted by molar-refractivity contribution is 6.09. The third-order valence-corrected chi connectivity index (χ3v) is 3.64. The number of anilines is 2. The predicted octanol–water partition coefficient (Wildman–Crippen LogP) is 4.11. The van der Waals surface area contributed by atoms with Gasteiger partial charge in [0.05, 0.1) is 11.3 Å². The van der Waals surface area contributed by atoms with E-state index in [1.807, 2.05) is 37.3 Å². The van der Waals surface area contributed by atoms with Crippen LogP contribution in [0.3, 0.4) is 0 Å². The van der Waals surface area contributed by atoms with E-state index in [1.165, 1.54) is 5.56 Å². The molecule has 0 aromatic heterocycles. The van der Waals surface area contributed by atoms with Crippen LogP contribution >= 0.6 is 0 Å². The third-order valence-electron chi connectivity index (χ3n) is 3.64. The summed E-state index contributed by atoms with van der Waals surface area (Å²) in [5.74, 6) is -0.252. The van der Waals surface area contributed by atoms with E-state index in [4.69, 9.17) is 0 Å². The minimum Gasteiger partial charge on any atom is -0.328 e. The zero-order valence-electron chi connectivity index (χ0n) is 13.9. The summed E-state index contributed by atoms with van der Waals surface area (Å²) in [5, 5.41) is 5.43. The number of rotatable bonds is 4. The van der Waals surface area contributed by atoms with Gasteiger partial charge in [-0.15, -0.1) is 0 Å². The van der Waals surface area contributed by atoms with Gasteiger partial charge < -0.3 is 10.6 Å². The molecule has 0 aliphatic rings. The Kier molecular flexibility index (Phi) is 4.84. The first-order valence-corrected chi connectivity index (χ1v) is 7.54. The van der Waals surface area contributed by atoms with Gasteiger partial charge in [-0.3, -0.25) is 9.59 Å². The molecule has 0 bridgehead atoms. The van der Waals surface area contributed by atoms with E-state index in [-0.39, 0.29) is 11.3 Å². The van der Waals surface area contributed by atoms with Gasteiger partial charge in [0.15, 0.2) is 0 Å². The van der Waals surface area contributed by atoms with E-state index >= 15 is 0 Å². The highest BCUT2D eigenvalue weighted by Gasteiger charge is 2.14. The molecule has 2 rings (SSSR count). The van der Waals surface area contributed by atoms with Crippen molar-refractivity contribution in [1.82, 2.24) is 0 Å². The first-order valence-electron chi connectivity index (χ1n) is 7.54. The normalized spacial score (nSPS) is 11.0. The van der Waals surface area contributed by atoms with Gasteiger partial charge in [0, 0.05) is 5.69 Å². The molecule has 0 unspecified atom stereocenters. The van der Waals surface area contributed by atoms with Crippen molar-refractivity contribution >= 4 is 23.7 Å². The number of carbonyl (C=O) groups is 2. The van der Waals surface area contributed by atoms with Gasteiger partial charge in [-0.25, -0.2) is 0 Å². The van der Waals surface area contributed by atoms with E-state index in [1.54, 1.807) is 12.1 Å². The van der Waals surface area contributed by atoms with Crippen molar-refractivity contribution in [3.8, 4) is 0 Å². The number of hydrogen-bond acceptors (Lipinski definition) is 2. The summed E-state index contributed by atoms with van der Waals surface area (Å²) in [7, 11) is 0. The van der Waals surface area contributed by atoms with Crippen LogP contribution < -0.4 is 10.6 Å². The fourth-order valence-electron chi connectivity index (χ4n) is 2.29. The Labute approximate surface area is 136 Å². The minimum absolute atomic E-state index is 0.0700. The molecule has 0 spiro atoms. The third kappa shape index (κ3) is 4.19. The lowest BCUT2D eigenvalue weighted by Gasteiger charge is -2.19. The number of hydrogen-bond donors (Lipinski definition) is 2. The molecule has 0 aliphatic carbocycles. The van der Waals surface area contributed by atoms with Crippen LogP contribution in [0.25, 0.3) is 0 Å². The maximum atomic E-state index is 12.4. The van der Waals surface area contributed by atoms with Crippen molar-refractivity contribution < 1.29 is 9.59 Å². The van der Waals surface area contributed by atoms with Crippen LogP contribution in [0.4, 0.5) is 11.4 Å². The standard InChI is InChI=1S/C19H22N2O2/c1-13-5-10-16(17(11-13)20-12-22)18(23)21-15-8-6-14(7-9-15)19(2,3)4/h5-12H,1-4H3,(H,20,22)(H,21,23). The van der Waals surface area contributed by atoms with Gasteiger partial charge in [0.1, 0.15) is 0 Å². The summed E-state index contributed by atoms with van der Waals surface area (Å²) in [6, 6.07) is 13.1. The number of amides is 2. The molecule has 4 nitrogen and oxygen atoms in total.